The van der Waals surface area contributed by atoms with Gasteiger partial charge in [0.25, 0.3) is 0 Å². The fourth-order valence-electron chi connectivity index (χ4n) is 2.77. The predicted molar refractivity (Wildman–Crippen MR) is 112 cm³/mol. The van der Waals surface area contributed by atoms with Crippen molar-refractivity contribution in [3.05, 3.63) is 64.9 Å². The lowest BCUT2D eigenvalue weighted by atomic mass is 10.1. The summed E-state index contributed by atoms with van der Waals surface area (Å²) in [7, 11) is 0. The molecule has 3 aromatic rings. The van der Waals surface area contributed by atoms with Gasteiger partial charge in [0, 0.05) is 17.8 Å². The maximum Gasteiger partial charge on any atom is 0.246 e. The van der Waals surface area contributed by atoms with E-state index >= 15 is 0 Å². The molecule has 0 fully saturated rings. The van der Waals surface area contributed by atoms with Crippen LogP contribution in [0.15, 0.2) is 58.8 Å². The molecule has 1 amide bonds. The van der Waals surface area contributed by atoms with Crippen LogP contribution in [0.3, 0.4) is 0 Å². The minimum Gasteiger partial charge on any atom is -0.297 e. The second kappa shape index (κ2) is 9.83. The molecule has 2 heterocycles. The number of aromatic nitrogens is 2. The molecular weight excluding hydrogens is 356 g/mol. The molecule has 27 heavy (non-hydrogen) atoms. The standard InChI is InChI=1S/C21H24N4OS/c1-2-3-5-10-18(13-17-8-6-4-7-9-17)15-22-24-20(26)14-19-16-25-11-12-27-21(25)23-19/h4,6-9,11-13,15-16H,2-3,5,10,14H2,1H3,(H,24,26). The number of imidazole rings is 1. The van der Waals surface area contributed by atoms with Gasteiger partial charge in [-0.2, -0.15) is 5.10 Å². The van der Waals surface area contributed by atoms with Crippen molar-refractivity contribution < 1.29 is 4.79 Å². The fourth-order valence-corrected chi connectivity index (χ4v) is 3.49. The number of hydrogen-bond donors (Lipinski definition) is 1. The van der Waals surface area contributed by atoms with E-state index in [1.54, 1.807) is 17.6 Å². The van der Waals surface area contributed by atoms with Gasteiger partial charge in [-0.15, -0.1) is 11.3 Å². The number of nitrogens with one attached hydrogen (secondary N) is 1. The maximum atomic E-state index is 12.1. The summed E-state index contributed by atoms with van der Waals surface area (Å²) in [6.07, 6.45) is 12.3. The molecule has 1 aromatic carbocycles. The molecule has 0 aliphatic rings. The summed E-state index contributed by atoms with van der Waals surface area (Å²) >= 11 is 1.55. The zero-order valence-electron chi connectivity index (χ0n) is 15.5. The van der Waals surface area contributed by atoms with Gasteiger partial charge in [0.15, 0.2) is 4.96 Å². The van der Waals surface area contributed by atoms with Crippen molar-refractivity contribution >= 4 is 34.5 Å². The van der Waals surface area contributed by atoms with Crippen LogP contribution in [0.25, 0.3) is 11.0 Å². The van der Waals surface area contributed by atoms with E-state index in [-0.39, 0.29) is 12.3 Å². The zero-order chi connectivity index (χ0) is 18.9. The highest BCUT2D eigenvalue weighted by atomic mass is 32.1. The first-order chi connectivity index (χ1) is 13.2. The van der Waals surface area contributed by atoms with Crippen LogP contribution in [0, 0.1) is 0 Å². The quantitative estimate of drug-likeness (QED) is 0.332. The summed E-state index contributed by atoms with van der Waals surface area (Å²) in [5.74, 6) is -0.162. The van der Waals surface area contributed by atoms with Gasteiger partial charge in [-0.25, -0.2) is 10.4 Å². The summed E-state index contributed by atoms with van der Waals surface area (Å²) in [5, 5.41) is 6.13. The molecule has 0 saturated heterocycles. The van der Waals surface area contributed by atoms with E-state index in [4.69, 9.17) is 0 Å². The number of carbonyl (C=O) groups excluding carboxylic acids is 1. The molecule has 0 saturated carbocycles. The smallest absolute Gasteiger partial charge is 0.246 e. The molecule has 140 valence electrons. The highest BCUT2D eigenvalue weighted by molar-refractivity contribution is 7.15. The van der Waals surface area contributed by atoms with Crippen LogP contribution in [0.4, 0.5) is 0 Å². The maximum absolute atomic E-state index is 12.1. The van der Waals surface area contributed by atoms with Gasteiger partial charge in [-0.1, -0.05) is 56.2 Å². The summed E-state index contributed by atoms with van der Waals surface area (Å²) in [6.45, 7) is 2.19. The lowest BCUT2D eigenvalue weighted by Gasteiger charge is -2.03. The highest BCUT2D eigenvalue weighted by Gasteiger charge is 2.07. The number of unbranched alkanes of at least 4 members (excludes halogenated alkanes) is 2. The normalized spacial score (nSPS) is 12.1. The van der Waals surface area contributed by atoms with Crippen LogP contribution in [0.2, 0.25) is 0 Å². The van der Waals surface area contributed by atoms with E-state index in [9.17, 15) is 4.79 Å². The van der Waals surface area contributed by atoms with Gasteiger partial charge in [0.1, 0.15) is 0 Å². The Morgan fingerprint density at radius 2 is 2.15 bits per heavy atom. The highest BCUT2D eigenvalue weighted by Crippen LogP contribution is 2.13. The number of thiazole rings is 1. The van der Waals surface area contributed by atoms with Crippen LogP contribution < -0.4 is 5.43 Å². The molecule has 6 heteroatoms. The summed E-state index contributed by atoms with van der Waals surface area (Å²) < 4.78 is 1.92. The molecule has 0 bridgehead atoms. The molecule has 0 radical (unpaired) electrons. The van der Waals surface area contributed by atoms with Crippen molar-refractivity contribution in [2.24, 2.45) is 5.10 Å². The van der Waals surface area contributed by atoms with Crippen molar-refractivity contribution in [1.29, 1.82) is 0 Å². The monoisotopic (exact) mass is 380 g/mol. The summed E-state index contributed by atoms with van der Waals surface area (Å²) in [4.78, 5) is 17.4. The third-order valence-corrected chi connectivity index (χ3v) is 4.90. The molecule has 0 aliphatic heterocycles. The van der Waals surface area contributed by atoms with Gasteiger partial charge in [-0.05, 0) is 24.0 Å². The number of benzene rings is 1. The summed E-state index contributed by atoms with van der Waals surface area (Å²) in [5.41, 5.74) is 5.61. The van der Waals surface area contributed by atoms with Gasteiger partial charge in [-0.3, -0.25) is 9.20 Å². The minimum absolute atomic E-state index is 0.162. The topological polar surface area (TPSA) is 58.8 Å². The first-order valence-electron chi connectivity index (χ1n) is 9.23. The number of hydrazone groups is 1. The van der Waals surface area contributed by atoms with Crippen LogP contribution in [0.5, 0.6) is 0 Å². The Kier molecular flexibility index (Phi) is 6.93. The Labute approximate surface area is 163 Å². The van der Waals surface area contributed by atoms with Gasteiger partial charge < -0.3 is 0 Å². The second-order valence-corrected chi connectivity index (χ2v) is 7.26. The largest absolute Gasteiger partial charge is 0.297 e. The zero-order valence-corrected chi connectivity index (χ0v) is 16.3. The lowest BCUT2D eigenvalue weighted by molar-refractivity contribution is -0.120. The van der Waals surface area contributed by atoms with Gasteiger partial charge >= 0.3 is 0 Å². The summed E-state index contributed by atoms with van der Waals surface area (Å²) in [6, 6.07) is 10.2. The second-order valence-electron chi connectivity index (χ2n) is 6.38. The van der Waals surface area contributed by atoms with E-state index in [2.05, 4.69) is 40.6 Å². The van der Waals surface area contributed by atoms with E-state index in [1.165, 1.54) is 12.8 Å². The average Bonchev–Trinajstić information content (AvgIpc) is 3.24. The first-order valence-corrected chi connectivity index (χ1v) is 10.1. The number of carbonyl (C=O) groups is 1. The Morgan fingerprint density at radius 1 is 1.30 bits per heavy atom. The number of allylic oxidation sites excluding steroid dienone is 1. The fraction of sp³-hybridized carbons (Fsp3) is 0.286. The van der Waals surface area contributed by atoms with E-state index in [0.29, 0.717) is 0 Å². The van der Waals surface area contributed by atoms with Crippen molar-refractivity contribution in [3.63, 3.8) is 0 Å². The molecule has 3 rings (SSSR count). The Bertz CT molecular complexity index is 895. The minimum atomic E-state index is -0.162. The average molecular weight is 381 g/mol. The van der Waals surface area contributed by atoms with Crippen molar-refractivity contribution in [3.8, 4) is 0 Å². The molecule has 0 atom stereocenters. The van der Waals surface area contributed by atoms with Crippen molar-refractivity contribution in [2.75, 3.05) is 0 Å². The Morgan fingerprint density at radius 3 is 2.93 bits per heavy atom. The molecule has 1 N–H and O–H groups in total. The van der Waals surface area contributed by atoms with Crippen LogP contribution in [-0.4, -0.2) is 21.5 Å². The predicted octanol–water partition coefficient (Wildman–Crippen LogP) is 4.70. The molecular formula is C21H24N4OS. The van der Waals surface area contributed by atoms with Crippen LogP contribution in [0.1, 0.15) is 43.9 Å². The molecule has 0 unspecified atom stereocenters. The number of rotatable bonds is 9. The van der Waals surface area contributed by atoms with Gasteiger partial charge in [0.05, 0.1) is 18.3 Å². The van der Waals surface area contributed by atoms with Gasteiger partial charge in [0.2, 0.25) is 5.91 Å². The Hall–Kier alpha value is -2.73. The van der Waals surface area contributed by atoms with Crippen LogP contribution >= 0.6 is 11.3 Å². The first kappa shape index (κ1) is 19.0. The van der Waals surface area contributed by atoms with E-state index in [0.717, 1.165) is 34.6 Å². The Balaban J connectivity index is 1.58. The van der Waals surface area contributed by atoms with E-state index < -0.39 is 0 Å². The number of nitrogens with zero attached hydrogens (tertiary/aromatic N) is 3. The van der Waals surface area contributed by atoms with Crippen LogP contribution in [-0.2, 0) is 11.2 Å². The third-order valence-electron chi connectivity index (χ3n) is 4.13. The number of hydrogen-bond acceptors (Lipinski definition) is 4. The SMILES string of the molecule is CCCCCC(C=NNC(=O)Cc1cn2ccsc2n1)=Cc1ccccc1. The third kappa shape index (κ3) is 5.89. The number of amides is 1. The molecule has 0 spiro atoms. The molecule has 5 nitrogen and oxygen atoms in total. The lowest BCUT2D eigenvalue weighted by Crippen LogP contribution is -2.20. The molecule has 2 aromatic heterocycles. The number of fused-ring (bicyclic) bond motifs is 1. The van der Waals surface area contributed by atoms with E-state index in [1.807, 2.05) is 40.4 Å². The van der Waals surface area contributed by atoms with Crippen molar-refractivity contribution in [1.82, 2.24) is 14.8 Å². The van der Waals surface area contributed by atoms with Crippen molar-refractivity contribution in [2.45, 2.75) is 39.0 Å². The molecule has 0 aliphatic carbocycles.